The normalized spacial score (nSPS) is 13.9. The van der Waals surface area contributed by atoms with E-state index in [1.807, 2.05) is 86.8 Å². The van der Waals surface area contributed by atoms with Crippen molar-refractivity contribution in [2.24, 2.45) is 0 Å². The summed E-state index contributed by atoms with van der Waals surface area (Å²) in [6.45, 7) is 4.05. The second-order valence-corrected chi connectivity index (χ2v) is 5.46. The summed E-state index contributed by atoms with van der Waals surface area (Å²) in [7, 11) is 0. The molecule has 0 saturated carbocycles. The molecule has 0 atom stereocenters. The monoisotopic (exact) mass is 348 g/mol. The van der Waals surface area contributed by atoms with Gasteiger partial charge in [0.05, 0.1) is 0 Å². The molecule has 138 valence electrons. The smallest absolute Gasteiger partial charge is 0.155 e. The summed E-state index contributed by atoms with van der Waals surface area (Å²) in [5.41, 5.74) is 0. The molecule has 0 saturated heterocycles. The molecule has 0 aromatic carbocycles. The van der Waals surface area contributed by atoms with E-state index in [9.17, 15) is 4.79 Å². The van der Waals surface area contributed by atoms with Gasteiger partial charge < -0.3 is 0 Å². The molecule has 1 heteroatoms. The van der Waals surface area contributed by atoms with Crippen LogP contribution in [0.5, 0.6) is 0 Å². The number of hydrogen-bond donors (Lipinski definition) is 0. The molecule has 1 nitrogen and oxygen atoms in total. The molecule has 0 rings (SSSR count). The van der Waals surface area contributed by atoms with Gasteiger partial charge in [0.1, 0.15) is 0 Å². The number of ketones is 1. The molecule has 26 heavy (non-hydrogen) atoms. The van der Waals surface area contributed by atoms with E-state index in [0.717, 1.165) is 19.3 Å². The van der Waals surface area contributed by atoms with Gasteiger partial charge in [0.15, 0.2) is 5.78 Å². The van der Waals surface area contributed by atoms with Crippen LogP contribution >= 0.6 is 0 Å². The lowest BCUT2D eigenvalue weighted by Gasteiger charge is -1.85. The van der Waals surface area contributed by atoms with Crippen molar-refractivity contribution >= 4 is 5.78 Å². The fraction of sp³-hybridized carbons (Fsp3) is 0.240. The Labute approximate surface area is 159 Å². The maximum absolute atomic E-state index is 11.3. The van der Waals surface area contributed by atoms with Crippen LogP contribution in [0.1, 0.15) is 39.5 Å². The highest BCUT2D eigenvalue weighted by molar-refractivity contribution is 5.89. The van der Waals surface area contributed by atoms with Crippen molar-refractivity contribution in [1.82, 2.24) is 0 Å². The first-order valence-corrected chi connectivity index (χ1v) is 9.28. The zero-order valence-corrected chi connectivity index (χ0v) is 16.1. The number of allylic oxidation sites excluding steroid dienone is 18. The minimum absolute atomic E-state index is 0.175. The molecular formula is C25H32O. The first-order chi connectivity index (χ1) is 12.8. The van der Waals surface area contributed by atoms with Crippen molar-refractivity contribution in [3.63, 3.8) is 0 Å². The summed E-state index contributed by atoms with van der Waals surface area (Å²) in [4.78, 5) is 11.3. The van der Waals surface area contributed by atoms with Gasteiger partial charge in [-0.25, -0.2) is 0 Å². The Morgan fingerprint density at radius 3 is 1.50 bits per heavy atom. The van der Waals surface area contributed by atoms with Gasteiger partial charge in [-0.1, -0.05) is 110 Å². The lowest BCUT2D eigenvalue weighted by Crippen LogP contribution is -1.88. The largest absolute Gasteiger partial charge is 0.295 e. The van der Waals surface area contributed by atoms with E-state index in [-0.39, 0.29) is 5.78 Å². The van der Waals surface area contributed by atoms with E-state index in [0.29, 0.717) is 6.42 Å². The third kappa shape index (κ3) is 19.4. The third-order valence-electron chi connectivity index (χ3n) is 3.09. The topological polar surface area (TPSA) is 17.1 Å². The highest BCUT2D eigenvalue weighted by Gasteiger charge is 1.89. The molecule has 0 aliphatic rings. The highest BCUT2D eigenvalue weighted by Crippen LogP contribution is 1.93. The molecule has 0 amide bonds. The van der Waals surface area contributed by atoms with E-state index >= 15 is 0 Å². The van der Waals surface area contributed by atoms with Crippen molar-refractivity contribution in [1.29, 1.82) is 0 Å². The zero-order chi connectivity index (χ0) is 19.1. The van der Waals surface area contributed by atoms with Crippen LogP contribution in [0.3, 0.4) is 0 Å². The summed E-state index contributed by atoms with van der Waals surface area (Å²) in [6.07, 6.45) is 39.2. The Morgan fingerprint density at radius 2 is 1.04 bits per heavy atom. The molecule has 0 heterocycles. The van der Waals surface area contributed by atoms with Crippen molar-refractivity contribution in [3.8, 4) is 0 Å². The highest BCUT2D eigenvalue weighted by atomic mass is 16.1. The Balaban J connectivity index is 3.88. The molecule has 0 aliphatic heterocycles. The van der Waals surface area contributed by atoms with Crippen molar-refractivity contribution in [2.75, 3.05) is 0 Å². The summed E-state index contributed by atoms with van der Waals surface area (Å²) >= 11 is 0. The maximum atomic E-state index is 11.3. The second-order valence-electron chi connectivity index (χ2n) is 5.46. The van der Waals surface area contributed by atoms with Gasteiger partial charge in [0, 0.05) is 6.42 Å². The lowest BCUT2D eigenvalue weighted by molar-refractivity contribution is -0.114. The molecule has 0 aliphatic carbocycles. The molecule has 0 fully saturated rings. The van der Waals surface area contributed by atoms with Gasteiger partial charge in [-0.05, 0) is 32.3 Å². The van der Waals surface area contributed by atoms with E-state index in [4.69, 9.17) is 0 Å². The molecule has 0 radical (unpaired) electrons. The molecule has 0 aromatic rings. The average Bonchev–Trinajstić information content (AvgIpc) is 2.64. The predicted octanol–water partition coefficient (Wildman–Crippen LogP) is 7.16. The minimum Gasteiger partial charge on any atom is -0.295 e. The summed E-state index contributed by atoms with van der Waals surface area (Å²) in [5, 5.41) is 0. The Kier molecular flexibility index (Phi) is 18.3. The van der Waals surface area contributed by atoms with Crippen LogP contribution < -0.4 is 0 Å². The van der Waals surface area contributed by atoms with Gasteiger partial charge in [-0.15, -0.1) is 0 Å². The van der Waals surface area contributed by atoms with Gasteiger partial charge in [0.25, 0.3) is 0 Å². The maximum Gasteiger partial charge on any atom is 0.155 e. The molecule has 0 aromatic heterocycles. The van der Waals surface area contributed by atoms with Crippen LogP contribution in [0.2, 0.25) is 0 Å². The Bertz CT molecular complexity index is 602. The van der Waals surface area contributed by atoms with Gasteiger partial charge in [-0.3, -0.25) is 4.79 Å². The van der Waals surface area contributed by atoms with Gasteiger partial charge >= 0.3 is 0 Å². The quantitative estimate of drug-likeness (QED) is 0.149. The molecular weight excluding hydrogens is 316 g/mol. The predicted molar refractivity (Wildman–Crippen MR) is 117 cm³/mol. The van der Waals surface area contributed by atoms with E-state index < -0.39 is 0 Å². The Hall–Kier alpha value is -2.67. The first kappa shape index (κ1) is 23.3. The summed E-state index contributed by atoms with van der Waals surface area (Å²) < 4.78 is 0. The van der Waals surface area contributed by atoms with Crippen LogP contribution in [-0.2, 0) is 4.79 Å². The van der Waals surface area contributed by atoms with E-state index in [1.165, 1.54) is 0 Å². The summed E-state index contributed by atoms with van der Waals surface area (Å²) in [6, 6.07) is 0. The van der Waals surface area contributed by atoms with Gasteiger partial charge in [0.2, 0.25) is 0 Å². The van der Waals surface area contributed by atoms with Gasteiger partial charge in [-0.2, -0.15) is 0 Å². The standard InChI is InChI=1S/C25H32O/c1-3-5-6-7-8-9-10-11-12-13-14-15-16-17-18-19-20-21-22-24-25(26)23-4-2/h3,5,8-22,24H,4,6-7,23H2,1-2H3. The van der Waals surface area contributed by atoms with Crippen molar-refractivity contribution < 1.29 is 4.79 Å². The van der Waals surface area contributed by atoms with Crippen LogP contribution in [0.25, 0.3) is 0 Å². The Morgan fingerprint density at radius 1 is 0.615 bits per heavy atom. The number of carbonyl (C=O) groups excluding carboxylic acids is 1. The molecule has 0 unspecified atom stereocenters. The van der Waals surface area contributed by atoms with Crippen molar-refractivity contribution in [3.05, 3.63) is 109 Å². The number of carbonyl (C=O) groups is 1. The SMILES string of the molecule is CC=CCCC=CC=CC=CC=CC=CC=CC=CC=CC(=O)CCC. The number of hydrogen-bond acceptors (Lipinski definition) is 1. The summed E-state index contributed by atoms with van der Waals surface area (Å²) in [5.74, 6) is 0.175. The number of rotatable bonds is 13. The zero-order valence-electron chi connectivity index (χ0n) is 16.1. The minimum atomic E-state index is 0.175. The van der Waals surface area contributed by atoms with Crippen molar-refractivity contribution in [2.45, 2.75) is 39.5 Å². The lowest BCUT2D eigenvalue weighted by atomic mass is 10.2. The molecule has 0 bridgehead atoms. The molecule has 0 spiro atoms. The fourth-order valence-electron chi connectivity index (χ4n) is 1.80. The first-order valence-electron chi connectivity index (χ1n) is 9.28. The van der Waals surface area contributed by atoms with Crippen LogP contribution in [0, 0.1) is 0 Å². The third-order valence-corrected chi connectivity index (χ3v) is 3.09. The van der Waals surface area contributed by atoms with Crippen LogP contribution in [0.4, 0.5) is 0 Å². The molecule has 0 N–H and O–H groups in total. The number of unbranched alkanes of at least 4 members (excludes halogenated alkanes) is 1. The van der Waals surface area contributed by atoms with Crippen LogP contribution in [-0.4, -0.2) is 5.78 Å². The fourth-order valence-corrected chi connectivity index (χ4v) is 1.80. The van der Waals surface area contributed by atoms with E-state index in [1.54, 1.807) is 12.2 Å². The van der Waals surface area contributed by atoms with E-state index in [2.05, 4.69) is 24.3 Å². The van der Waals surface area contributed by atoms with Crippen LogP contribution in [0.15, 0.2) is 109 Å². The average molecular weight is 349 g/mol. The second kappa shape index (κ2) is 20.4.